The first-order chi connectivity index (χ1) is 13.2. The van der Waals surface area contributed by atoms with E-state index in [9.17, 15) is 4.79 Å². The minimum Gasteiger partial charge on any atom is -0.489 e. The van der Waals surface area contributed by atoms with Crippen molar-refractivity contribution in [3.8, 4) is 11.5 Å². The van der Waals surface area contributed by atoms with E-state index in [2.05, 4.69) is 11.6 Å². The molecule has 4 heteroatoms. The molecule has 2 heterocycles. The summed E-state index contributed by atoms with van der Waals surface area (Å²) in [5.41, 5.74) is 3.47. The van der Waals surface area contributed by atoms with E-state index >= 15 is 0 Å². The molecule has 132 valence electrons. The molecule has 0 radical (unpaired) electrons. The first-order valence-electron chi connectivity index (χ1n) is 8.55. The summed E-state index contributed by atoms with van der Waals surface area (Å²) in [5, 5.41) is 0. The molecular formula is C23H17NO3. The summed E-state index contributed by atoms with van der Waals surface area (Å²) in [7, 11) is 0. The average molecular weight is 355 g/mol. The summed E-state index contributed by atoms with van der Waals surface area (Å²) < 4.78 is 11.6. The van der Waals surface area contributed by atoms with E-state index in [0.29, 0.717) is 23.7 Å². The predicted molar refractivity (Wildman–Crippen MR) is 104 cm³/mol. The summed E-state index contributed by atoms with van der Waals surface area (Å²) in [5.74, 6) is 1.31. The first kappa shape index (κ1) is 16.8. The van der Waals surface area contributed by atoms with Crippen LogP contribution in [0.2, 0.25) is 0 Å². The van der Waals surface area contributed by atoms with Crippen LogP contribution in [0.5, 0.6) is 11.5 Å². The largest absolute Gasteiger partial charge is 0.489 e. The molecule has 0 spiro atoms. The van der Waals surface area contributed by atoms with Gasteiger partial charge in [-0.1, -0.05) is 43.0 Å². The average Bonchev–Trinajstić information content (AvgIpc) is 3.02. The number of ketones is 1. The van der Waals surface area contributed by atoms with E-state index in [1.54, 1.807) is 42.7 Å². The smallest absolute Gasteiger partial charge is 0.231 e. The first-order valence-corrected chi connectivity index (χ1v) is 8.55. The van der Waals surface area contributed by atoms with E-state index in [4.69, 9.17) is 9.47 Å². The molecule has 4 rings (SSSR count). The summed E-state index contributed by atoms with van der Waals surface area (Å²) in [6.07, 6.45) is 6.86. The number of hydrogen-bond donors (Lipinski definition) is 0. The van der Waals surface area contributed by atoms with Gasteiger partial charge in [0, 0.05) is 18.5 Å². The second-order valence-electron chi connectivity index (χ2n) is 6.12. The topological polar surface area (TPSA) is 48.4 Å². The highest BCUT2D eigenvalue weighted by Crippen LogP contribution is 2.35. The van der Waals surface area contributed by atoms with Gasteiger partial charge in [-0.05, 0) is 41.0 Å². The maximum atomic E-state index is 12.5. The molecule has 27 heavy (non-hydrogen) atoms. The zero-order valence-corrected chi connectivity index (χ0v) is 14.6. The van der Waals surface area contributed by atoms with Gasteiger partial charge in [-0.15, -0.1) is 0 Å². The molecule has 0 amide bonds. The Hall–Kier alpha value is -3.66. The minimum atomic E-state index is -0.139. The maximum absolute atomic E-state index is 12.5. The number of allylic oxidation sites excluding steroid dienone is 1. The lowest BCUT2D eigenvalue weighted by molar-refractivity contribution is 0.101. The van der Waals surface area contributed by atoms with Gasteiger partial charge in [0.25, 0.3) is 0 Å². The van der Waals surface area contributed by atoms with Crippen LogP contribution in [0.25, 0.3) is 12.2 Å². The molecule has 0 atom stereocenters. The van der Waals surface area contributed by atoms with Crippen molar-refractivity contribution in [1.82, 2.24) is 4.98 Å². The minimum absolute atomic E-state index is 0.139. The number of nitrogens with zero attached hydrogens (tertiary/aromatic N) is 1. The lowest BCUT2D eigenvalue weighted by Gasteiger charge is -2.07. The summed E-state index contributed by atoms with van der Waals surface area (Å²) in [4.78, 5) is 16.5. The lowest BCUT2D eigenvalue weighted by atomic mass is 10.1. The van der Waals surface area contributed by atoms with Crippen molar-refractivity contribution in [1.29, 1.82) is 0 Å². The van der Waals surface area contributed by atoms with Gasteiger partial charge in [-0.2, -0.15) is 0 Å². The summed E-state index contributed by atoms with van der Waals surface area (Å²) >= 11 is 0. The summed E-state index contributed by atoms with van der Waals surface area (Å²) in [6.45, 7) is 4.18. The van der Waals surface area contributed by atoms with Gasteiger partial charge in [-0.3, -0.25) is 9.78 Å². The molecule has 0 saturated heterocycles. The number of rotatable bonds is 5. The van der Waals surface area contributed by atoms with Crippen LogP contribution < -0.4 is 9.47 Å². The van der Waals surface area contributed by atoms with Crippen LogP contribution in [0, 0.1) is 0 Å². The van der Waals surface area contributed by atoms with Gasteiger partial charge in [0.1, 0.15) is 18.1 Å². The number of carbonyl (C=O) groups is 1. The zero-order chi connectivity index (χ0) is 18.6. The van der Waals surface area contributed by atoms with Gasteiger partial charge >= 0.3 is 0 Å². The standard InChI is InChI=1S/C23H17NO3/c1-2-16-5-7-17(8-6-16)15-26-19-9-10-20-21(13-19)27-22(23(20)25)12-18-4-3-11-24-14-18/h2-14H,1,15H2. The Morgan fingerprint density at radius 1 is 1.07 bits per heavy atom. The Bertz CT molecular complexity index is 1020. The van der Waals surface area contributed by atoms with E-state index in [-0.39, 0.29) is 11.5 Å². The Kier molecular flexibility index (Phi) is 4.54. The molecule has 1 aromatic heterocycles. The Balaban J connectivity index is 1.48. The van der Waals surface area contributed by atoms with Gasteiger partial charge in [0.05, 0.1) is 5.56 Å². The lowest BCUT2D eigenvalue weighted by Crippen LogP contribution is -1.98. The third-order valence-corrected chi connectivity index (χ3v) is 4.24. The van der Waals surface area contributed by atoms with Crippen molar-refractivity contribution < 1.29 is 14.3 Å². The molecule has 3 aromatic rings. The molecule has 0 N–H and O–H groups in total. The fraction of sp³-hybridized carbons (Fsp3) is 0.0435. The Morgan fingerprint density at radius 3 is 2.67 bits per heavy atom. The van der Waals surface area contributed by atoms with Crippen molar-refractivity contribution in [3.05, 3.63) is 102 Å². The second kappa shape index (κ2) is 7.30. The maximum Gasteiger partial charge on any atom is 0.231 e. The van der Waals surface area contributed by atoms with Crippen LogP contribution in [0.4, 0.5) is 0 Å². The molecule has 2 aromatic carbocycles. The normalized spacial score (nSPS) is 13.9. The van der Waals surface area contributed by atoms with Crippen LogP contribution in [-0.4, -0.2) is 10.8 Å². The van der Waals surface area contributed by atoms with E-state index in [1.165, 1.54) is 0 Å². The quantitative estimate of drug-likeness (QED) is 0.610. The van der Waals surface area contributed by atoms with Gasteiger partial charge in [0.2, 0.25) is 5.78 Å². The highest BCUT2D eigenvalue weighted by atomic mass is 16.5. The zero-order valence-electron chi connectivity index (χ0n) is 14.6. The Morgan fingerprint density at radius 2 is 1.93 bits per heavy atom. The fourth-order valence-corrected chi connectivity index (χ4v) is 2.79. The van der Waals surface area contributed by atoms with Crippen molar-refractivity contribution in [3.63, 3.8) is 0 Å². The van der Waals surface area contributed by atoms with E-state index < -0.39 is 0 Å². The van der Waals surface area contributed by atoms with Gasteiger partial charge < -0.3 is 9.47 Å². The SMILES string of the molecule is C=Cc1ccc(COc2ccc3c(c2)OC(=Cc2cccnc2)C3=O)cc1. The van der Waals surface area contributed by atoms with Gasteiger partial charge in [0.15, 0.2) is 5.76 Å². The van der Waals surface area contributed by atoms with E-state index in [1.807, 2.05) is 36.4 Å². The van der Waals surface area contributed by atoms with Crippen molar-refractivity contribution >= 4 is 17.9 Å². The third-order valence-electron chi connectivity index (χ3n) is 4.24. The number of carbonyl (C=O) groups excluding carboxylic acids is 1. The van der Waals surface area contributed by atoms with Crippen molar-refractivity contribution in [2.45, 2.75) is 6.61 Å². The van der Waals surface area contributed by atoms with Crippen LogP contribution in [0.15, 0.2) is 79.3 Å². The predicted octanol–water partition coefficient (Wildman–Crippen LogP) is 4.92. The highest BCUT2D eigenvalue weighted by molar-refractivity contribution is 6.14. The number of ether oxygens (including phenoxy) is 2. The van der Waals surface area contributed by atoms with Gasteiger partial charge in [-0.25, -0.2) is 0 Å². The molecule has 4 nitrogen and oxygen atoms in total. The molecule has 0 unspecified atom stereocenters. The van der Waals surface area contributed by atoms with Crippen LogP contribution in [0.1, 0.15) is 27.0 Å². The summed E-state index contributed by atoms with van der Waals surface area (Å²) in [6, 6.07) is 16.9. The monoisotopic (exact) mass is 355 g/mol. The molecule has 0 saturated carbocycles. The molecule has 0 fully saturated rings. The number of Topliss-reactive ketones (excluding diaryl/α,β-unsaturated/α-hetero) is 1. The number of hydrogen-bond acceptors (Lipinski definition) is 4. The molecular weight excluding hydrogens is 338 g/mol. The molecule has 0 bridgehead atoms. The van der Waals surface area contributed by atoms with Crippen molar-refractivity contribution in [2.24, 2.45) is 0 Å². The third kappa shape index (κ3) is 3.65. The second-order valence-corrected chi connectivity index (χ2v) is 6.12. The van der Waals surface area contributed by atoms with Crippen LogP contribution in [0.3, 0.4) is 0 Å². The number of benzene rings is 2. The number of fused-ring (bicyclic) bond motifs is 1. The highest BCUT2D eigenvalue weighted by Gasteiger charge is 2.27. The number of pyridine rings is 1. The Labute approximate surface area is 157 Å². The van der Waals surface area contributed by atoms with Crippen molar-refractivity contribution in [2.75, 3.05) is 0 Å². The molecule has 0 aliphatic carbocycles. The van der Waals surface area contributed by atoms with Crippen LogP contribution in [-0.2, 0) is 6.61 Å². The molecule has 1 aliphatic heterocycles. The molecule has 1 aliphatic rings. The fourth-order valence-electron chi connectivity index (χ4n) is 2.79. The van der Waals surface area contributed by atoms with E-state index in [0.717, 1.165) is 16.7 Å². The van der Waals surface area contributed by atoms with Crippen LogP contribution >= 0.6 is 0 Å². The number of aromatic nitrogens is 1.